The van der Waals surface area contributed by atoms with Gasteiger partial charge in [-0.3, -0.25) is 14.8 Å². The molecular formula is C23H19ClN4O3S3. The first-order valence-electron chi connectivity index (χ1n) is 10.0. The van der Waals surface area contributed by atoms with Crippen LogP contribution in [0.2, 0.25) is 5.02 Å². The number of aromatic nitrogens is 2. The number of hydrogen-bond acceptors (Lipinski definition) is 7. The van der Waals surface area contributed by atoms with Crippen LogP contribution in [0.25, 0.3) is 0 Å². The Kier molecular flexibility index (Phi) is 7.52. The van der Waals surface area contributed by atoms with Gasteiger partial charge in [-0.15, -0.1) is 22.0 Å². The standard InChI is InChI=1S/C23H19ClN4O3S3/c1-15-5-4-6-17(13-15)21(29)25-22-26-27-23(33-22)34(30,31)28-19-7-2-3-8-20(19)32-14-16-9-11-18(24)12-10-16/h2-13,28H,14H2,1H3,(H,25,26,29). The highest BCUT2D eigenvalue weighted by Crippen LogP contribution is 2.32. The number of para-hydroxylation sites is 1. The normalized spacial score (nSPS) is 11.2. The molecule has 4 rings (SSSR count). The Bertz CT molecular complexity index is 1420. The quantitative estimate of drug-likeness (QED) is 0.219. The van der Waals surface area contributed by atoms with Gasteiger partial charge in [0.1, 0.15) is 0 Å². The lowest BCUT2D eigenvalue weighted by atomic mass is 10.1. The zero-order chi connectivity index (χ0) is 24.1. The summed E-state index contributed by atoms with van der Waals surface area (Å²) in [5, 5.41) is 10.9. The molecule has 0 fully saturated rings. The number of sulfonamides is 1. The molecule has 0 saturated carbocycles. The largest absolute Gasteiger partial charge is 0.296 e. The predicted octanol–water partition coefficient (Wildman–Crippen LogP) is 5.85. The number of aryl methyl sites for hydroxylation is 1. The number of nitrogens with zero attached hydrogens (tertiary/aromatic N) is 2. The lowest BCUT2D eigenvalue weighted by Gasteiger charge is -2.11. The van der Waals surface area contributed by atoms with Gasteiger partial charge >= 0.3 is 0 Å². The van der Waals surface area contributed by atoms with E-state index in [1.54, 1.807) is 30.3 Å². The van der Waals surface area contributed by atoms with E-state index in [0.717, 1.165) is 27.4 Å². The first-order chi connectivity index (χ1) is 16.3. The van der Waals surface area contributed by atoms with E-state index in [1.165, 1.54) is 11.8 Å². The Labute approximate surface area is 210 Å². The summed E-state index contributed by atoms with van der Waals surface area (Å²) in [6, 6.07) is 21.6. The number of thioether (sulfide) groups is 1. The number of nitrogens with one attached hydrogen (secondary N) is 2. The second-order valence-electron chi connectivity index (χ2n) is 7.21. The molecular weight excluding hydrogens is 512 g/mol. The fourth-order valence-corrected chi connectivity index (χ4v) is 6.06. The summed E-state index contributed by atoms with van der Waals surface area (Å²) in [6.07, 6.45) is 0. The molecule has 0 spiro atoms. The van der Waals surface area contributed by atoms with Gasteiger partial charge in [0.2, 0.25) is 5.13 Å². The average molecular weight is 531 g/mol. The van der Waals surface area contributed by atoms with E-state index in [1.807, 2.05) is 49.4 Å². The molecule has 2 N–H and O–H groups in total. The maximum atomic E-state index is 12.9. The summed E-state index contributed by atoms with van der Waals surface area (Å²) in [4.78, 5) is 13.2. The van der Waals surface area contributed by atoms with Gasteiger partial charge in [0.15, 0.2) is 0 Å². The molecule has 11 heteroatoms. The molecule has 0 aliphatic rings. The van der Waals surface area contributed by atoms with Gasteiger partial charge < -0.3 is 0 Å². The highest BCUT2D eigenvalue weighted by molar-refractivity contribution is 7.99. The molecule has 0 aliphatic carbocycles. The molecule has 7 nitrogen and oxygen atoms in total. The summed E-state index contributed by atoms with van der Waals surface area (Å²) in [5.41, 5.74) is 2.88. The molecule has 0 atom stereocenters. The van der Waals surface area contributed by atoms with Crippen molar-refractivity contribution >= 4 is 61.4 Å². The van der Waals surface area contributed by atoms with Crippen molar-refractivity contribution in [2.45, 2.75) is 21.9 Å². The molecule has 3 aromatic carbocycles. The van der Waals surface area contributed by atoms with Crippen molar-refractivity contribution in [2.24, 2.45) is 0 Å². The number of rotatable bonds is 8. The highest BCUT2D eigenvalue weighted by atomic mass is 35.5. The number of benzene rings is 3. The third kappa shape index (κ3) is 6.15. The van der Waals surface area contributed by atoms with Gasteiger partial charge in [0.05, 0.1) is 5.69 Å². The third-order valence-corrected chi connectivity index (χ3v) is 8.54. The summed E-state index contributed by atoms with van der Waals surface area (Å²) < 4.78 is 28.2. The number of carbonyl (C=O) groups is 1. The van der Waals surface area contributed by atoms with Crippen molar-refractivity contribution in [3.8, 4) is 0 Å². The van der Waals surface area contributed by atoms with E-state index < -0.39 is 10.0 Å². The molecule has 0 aliphatic heterocycles. The lowest BCUT2D eigenvalue weighted by Crippen LogP contribution is -2.13. The minimum absolute atomic E-state index is 0.0947. The smallest absolute Gasteiger partial charge is 0.291 e. The van der Waals surface area contributed by atoms with Crippen LogP contribution in [0.3, 0.4) is 0 Å². The Hall–Kier alpha value is -2.92. The molecule has 0 unspecified atom stereocenters. The molecule has 1 amide bonds. The lowest BCUT2D eigenvalue weighted by molar-refractivity contribution is 0.102. The fourth-order valence-electron chi connectivity index (χ4n) is 2.93. The van der Waals surface area contributed by atoms with Gasteiger partial charge in [-0.1, -0.05) is 64.9 Å². The zero-order valence-corrected chi connectivity index (χ0v) is 21.1. The van der Waals surface area contributed by atoms with E-state index in [0.29, 0.717) is 22.0 Å². The zero-order valence-electron chi connectivity index (χ0n) is 17.9. The summed E-state index contributed by atoms with van der Waals surface area (Å²) in [7, 11) is -4.00. The van der Waals surface area contributed by atoms with Crippen molar-refractivity contribution < 1.29 is 13.2 Å². The van der Waals surface area contributed by atoms with Crippen LogP contribution in [-0.2, 0) is 15.8 Å². The van der Waals surface area contributed by atoms with E-state index in [-0.39, 0.29) is 15.4 Å². The van der Waals surface area contributed by atoms with Gasteiger partial charge in [0.25, 0.3) is 20.3 Å². The summed E-state index contributed by atoms with van der Waals surface area (Å²) in [6.45, 7) is 1.88. The van der Waals surface area contributed by atoms with Crippen molar-refractivity contribution in [2.75, 3.05) is 10.0 Å². The van der Waals surface area contributed by atoms with Crippen LogP contribution in [0.5, 0.6) is 0 Å². The van der Waals surface area contributed by atoms with Crippen LogP contribution < -0.4 is 10.0 Å². The van der Waals surface area contributed by atoms with Crippen LogP contribution in [-0.4, -0.2) is 24.5 Å². The van der Waals surface area contributed by atoms with Crippen molar-refractivity contribution in [3.63, 3.8) is 0 Å². The van der Waals surface area contributed by atoms with Crippen LogP contribution in [0.1, 0.15) is 21.5 Å². The highest BCUT2D eigenvalue weighted by Gasteiger charge is 2.22. The SMILES string of the molecule is Cc1cccc(C(=O)Nc2nnc(S(=O)(=O)Nc3ccccc3SCc3ccc(Cl)cc3)s2)c1. The first-order valence-corrected chi connectivity index (χ1v) is 13.7. The minimum Gasteiger partial charge on any atom is -0.296 e. The summed E-state index contributed by atoms with van der Waals surface area (Å²) >= 11 is 8.21. The number of halogens is 1. The van der Waals surface area contributed by atoms with E-state index in [4.69, 9.17) is 11.6 Å². The van der Waals surface area contributed by atoms with Crippen molar-refractivity contribution in [3.05, 3.63) is 94.5 Å². The minimum atomic E-state index is -4.00. The Balaban J connectivity index is 1.46. The molecule has 1 heterocycles. The molecule has 1 aromatic heterocycles. The Morgan fingerprint density at radius 2 is 1.79 bits per heavy atom. The number of hydrogen-bond donors (Lipinski definition) is 2. The van der Waals surface area contributed by atoms with Crippen LogP contribution in [0.15, 0.2) is 82.0 Å². The van der Waals surface area contributed by atoms with Gasteiger partial charge in [0, 0.05) is 21.2 Å². The van der Waals surface area contributed by atoms with Crippen LogP contribution >= 0.6 is 34.7 Å². The molecule has 4 aromatic rings. The molecule has 0 radical (unpaired) electrons. The van der Waals surface area contributed by atoms with Crippen LogP contribution in [0.4, 0.5) is 10.8 Å². The third-order valence-electron chi connectivity index (χ3n) is 4.58. The van der Waals surface area contributed by atoms with Crippen molar-refractivity contribution in [1.29, 1.82) is 0 Å². The number of anilines is 2. The van der Waals surface area contributed by atoms with Gasteiger partial charge in [-0.25, -0.2) is 0 Å². The fraction of sp³-hybridized carbons (Fsp3) is 0.0870. The van der Waals surface area contributed by atoms with Gasteiger partial charge in [-0.05, 0) is 48.9 Å². The Morgan fingerprint density at radius 3 is 2.56 bits per heavy atom. The predicted molar refractivity (Wildman–Crippen MR) is 137 cm³/mol. The molecule has 174 valence electrons. The maximum absolute atomic E-state index is 12.9. The monoisotopic (exact) mass is 530 g/mol. The van der Waals surface area contributed by atoms with Crippen LogP contribution in [0, 0.1) is 6.92 Å². The number of amides is 1. The molecule has 34 heavy (non-hydrogen) atoms. The van der Waals surface area contributed by atoms with Crippen molar-refractivity contribution in [1.82, 2.24) is 10.2 Å². The maximum Gasteiger partial charge on any atom is 0.291 e. The first kappa shape index (κ1) is 24.2. The second kappa shape index (κ2) is 10.6. The van der Waals surface area contributed by atoms with Gasteiger partial charge in [-0.2, -0.15) is 8.42 Å². The molecule has 0 bridgehead atoms. The van der Waals surface area contributed by atoms with E-state index in [2.05, 4.69) is 20.2 Å². The number of carbonyl (C=O) groups excluding carboxylic acids is 1. The second-order valence-corrected chi connectivity index (χ2v) is 11.5. The Morgan fingerprint density at radius 1 is 1.03 bits per heavy atom. The molecule has 0 saturated heterocycles. The topological polar surface area (TPSA) is 101 Å². The average Bonchev–Trinajstić information content (AvgIpc) is 3.29. The van der Waals surface area contributed by atoms with E-state index >= 15 is 0 Å². The van der Waals surface area contributed by atoms with E-state index in [9.17, 15) is 13.2 Å². The summed E-state index contributed by atoms with van der Waals surface area (Å²) in [5.74, 6) is 0.254.